The standard InChI is InChI=1S/C26H31N5O6S/c1-16(2)28-38(35,36)23-15-20(31(33)34)11-12-22(23)37-26-19(5)24(25(32)29-13-6-7-14-29)27-30(26)21-10-8-9-17(3)18(21)4/h8-12,15-16,28H,6-7,13-14H2,1-5H3. The zero-order valence-corrected chi connectivity index (χ0v) is 22.8. The summed E-state index contributed by atoms with van der Waals surface area (Å²) in [5, 5.41) is 16.1. The Balaban J connectivity index is 1.91. The summed E-state index contributed by atoms with van der Waals surface area (Å²) in [6.07, 6.45) is 1.83. The number of nitro groups is 1. The van der Waals surface area contributed by atoms with E-state index in [2.05, 4.69) is 9.82 Å². The Labute approximate surface area is 221 Å². The number of rotatable bonds is 8. The van der Waals surface area contributed by atoms with Crippen molar-refractivity contribution in [2.24, 2.45) is 0 Å². The van der Waals surface area contributed by atoms with Crippen LogP contribution in [0.2, 0.25) is 0 Å². The number of aryl methyl sites for hydroxylation is 1. The van der Waals surface area contributed by atoms with Crippen LogP contribution in [0.1, 0.15) is 53.9 Å². The molecule has 202 valence electrons. The molecule has 0 spiro atoms. The number of hydrogen-bond donors (Lipinski definition) is 1. The third-order valence-electron chi connectivity index (χ3n) is 6.49. The number of aromatic nitrogens is 2. The van der Waals surface area contributed by atoms with Crippen LogP contribution in [0, 0.1) is 30.9 Å². The van der Waals surface area contributed by atoms with Crippen molar-refractivity contribution in [2.75, 3.05) is 13.1 Å². The van der Waals surface area contributed by atoms with Gasteiger partial charge in [-0.05, 0) is 70.7 Å². The van der Waals surface area contributed by atoms with Gasteiger partial charge in [0.1, 0.15) is 10.6 Å². The van der Waals surface area contributed by atoms with Crippen LogP contribution in [0.25, 0.3) is 5.69 Å². The van der Waals surface area contributed by atoms with Crippen molar-refractivity contribution in [3.05, 3.63) is 68.9 Å². The lowest BCUT2D eigenvalue weighted by atomic mass is 10.1. The summed E-state index contributed by atoms with van der Waals surface area (Å²) < 4.78 is 36.5. The predicted octanol–water partition coefficient (Wildman–Crippen LogP) is 4.42. The summed E-state index contributed by atoms with van der Waals surface area (Å²) in [7, 11) is -4.18. The molecule has 0 unspecified atom stereocenters. The monoisotopic (exact) mass is 541 g/mol. The van der Waals surface area contributed by atoms with Gasteiger partial charge >= 0.3 is 0 Å². The number of nitrogens with one attached hydrogen (secondary N) is 1. The molecule has 2 heterocycles. The van der Waals surface area contributed by atoms with E-state index in [0.29, 0.717) is 24.3 Å². The second-order valence-electron chi connectivity index (χ2n) is 9.68. The smallest absolute Gasteiger partial charge is 0.274 e. The highest BCUT2D eigenvalue weighted by molar-refractivity contribution is 7.89. The number of carbonyl (C=O) groups is 1. The van der Waals surface area contributed by atoms with E-state index in [1.54, 1.807) is 25.7 Å². The highest BCUT2D eigenvalue weighted by Gasteiger charge is 2.30. The molecule has 12 heteroatoms. The molecular weight excluding hydrogens is 510 g/mol. The zero-order valence-electron chi connectivity index (χ0n) is 22.0. The number of non-ortho nitro benzene ring substituents is 1. The number of nitro benzene ring substituents is 1. The Morgan fingerprint density at radius 1 is 1.11 bits per heavy atom. The summed E-state index contributed by atoms with van der Waals surface area (Å²) in [5.74, 6) is -0.207. The van der Waals surface area contributed by atoms with Gasteiger partial charge in [0, 0.05) is 36.8 Å². The quantitative estimate of drug-likeness (QED) is 0.329. The third-order valence-corrected chi connectivity index (χ3v) is 8.17. The maximum Gasteiger partial charge on any atom is 0.274 e. The van der Waals surface area contributed by atoms with Gasteiger partial charge in [0.2, 0.25) is 15.9 Å². The van der Waals surface area contributed by atoms with E-state index >= 15 is 0 Å². The average molecular weight is 542 g/mol. The van der Waals surface area contributed by atoms with Crippen LogP contribution in [0.3, 0.4) is 0 Å². The van der Waals surface area contributed by atoms with Crippen LogP contribution in [0.4, 0.5) is 5.69 Å². The highest BCUT2D eigenvalue weighted by atomic mass is 32.2. The van der Waals surface area contributed by atoms with Crippen LogP contribution in [0.5, 0.6) is 11.6 Å². The number of nitrogens with zero attached hydrogens (tertiary/aromatic N) is 4. The van der Waals surface area contributed by atoms with Gasteiger partial charge < -0.3 is 9.64 Å². The molecule has 1 amide bonds. The molecule has 1 aromatic heterocycles. The molecule has 0 bridgehead atoms. The Kier molecular flexibility index (Phi) is 7.56. The van der Waals surface area contributed by atoms with E-state index < -0.39 is 26.7 Å². The molecule has 11 nitrogen and oxygen atoms in total. The molecule has 3 aromatic rings. The maximum atomic E-state index is 13.3. The highest BCUT2D eigenvalue weighted by Crippen LogP contribution is 2.37. The van der Waals surface area contributed by atoms with E-state index in [1.807, 2.05) is 32.0 Å². The van der Waals surface area contributed by atoms with Crippen molar-refractivity contribution in [1.29, 1.82) is 0 Å². The fraction of sp³-hybridized carbons (Fsp3) is 0.385. The third kappa shape index (κ3) is 5.27. The molecule has 38 heavy (non-hydrogen) atoms. The van der Waals surface area contributed by atoms with Crippen LogP contribution < -0.4 is 9.46 Å². The lowest BCUT2D eigenvalue weighted by Gasteiger charge is -2.16. The Morgan fingerprint density at radius 3 is 2.42 bits per heavy atom. The van der Waals surface area contributed by atoms with E-state index in [-0.39, 0.29) is 28.1 Å². The molecule has 0 radical (unpaired) electrons. The second kappa shape index (κ2) is 10.5. The minimum Gasteiger partial charge on any atom is -0.437 e. The van der Waals surface area contributed by atoms with E-state index in [4.69, 9.17) is 4.74 Å². The molecule has 0 saturated carbocycles. The molecule has 0 aliphatic carbocycles. The first-order valence-corrected chi connectivity index (χ1v) is 13.8. The SMILES string of the molecule is Cc1cccc(-n2nc(C(=O)N3CCCC3)c(C)c2Oc2ccc([N+](=O)[O-])cc2S(=O)(=O)NC(C)C)c1C. The molecule has 1 aliphatic heterocycles. The minimum absolute atomic E-state index is 0.126. The number of carbonyl (C=O) groups excluding carboxylic acids is 1. The van der Waals surface area contributed by atoms with Gasteiger partial charge in [-0.2, -0.15) is 9.78 Å². The van der Waals surface area contributed by atoms with Crippen LogP contribution in [0.15, 0.2) is 41.3 Å². The molecule has 4 rings (SSSR count). The van der Waals surface area contributed by atoms with Crippen molar-refractivity contribution in [2.45, 2.75) is 58.4 Å². The van der Waals surface area contributed by atoms with Gasteiger partial charge in [0.25, 0.3) is 11.6 Å². The Morgan fingerprint density at radius 2 is 1.79 bits per heavy atom. The zero-order chi connectivity index (χ0) is 27.8. The molecule has 1 saturated heterocycles. The second-order valence-corrected chi connectivity index (χ2v) is 11.4. The molecule has 0 atom stereocenters. The van der Waals surface area contributed by atoms with Gasteiger partial charge in [-0.1, -0.05) is 12.1 Å². The first kappa shape index (κ1) is 27.3. The largest absolute Gasteiger partial charge is 0.437 e. The fourth-order valence-corrected chi connectivity index (χ4v) is 5.78. The lowest BCUT2D eigenvalue weighted by Crippen LogP contribution is -2.30. The predicted molar refractivity (Wildman–Crippen MR) is 142 cm³/mol. The Hall–Kier alpha value is -3.77. The number of benzene rings is 2. The van der Waals surface area contributed by atoms with Crippen molar-refractivity contribution >= 4 is 21.6 Å². The van der Waals surface area contributed by atoms with Gasteiger partial charge in [-0.25, -0.2) is 13.1 Å². The lowest BCUT2D eigenvalue weighted by molar-refractivity contribution is -0.385. The van der Waals surface area contributed by atoms with Crippen LogP contribution in [-0.2, 0) is 10.0 Å². The number of sulfonamides is 1. The first-order chi connectivity index (χ1) is 17.9. The van der Waals surface area contributed by atoms with Crippen molar-refractivity contribution in [3.8, 4) is 17.3 Å². The summed E-state index contributed by atoms with van der Waals surface area (Å²) in [6.45, 7) is 10.1. The van der Waals surface area contributed by atoms with Crippen molar-refractivity contribution in [3.63, 3.8) is 0 Å². The van der Waals surface area contributed by atoms with Crippen LogP contribution >= 0.6 is 0 Å². The summed E-state index contributed by atoms with van der Waals surface area (Å²) in [6, 6.07) is 8.56. The minimum atomic E-state index is -4.18. The maximum absolute atomic E-state index is 13.3. The van der Waals surface area contributed by atoms with E-state index in [0.717, 1.165) is 30.0 Å². The fourth-order valence-electron chi connectivity index (χ4n) is 4.38. The van der Waals surface area contributed by atoms with Crippen molar-refractivity contribution < 1.29 is 22.9 Å². The van der Waals surface area contributed by atoms with E-state index in [1.165, 1.54) is 16.8 Å². The molecule has 1 N–H and O–H groups in total. The number of ether oxygens (including phenoxy) is 1. The van der Waals surface area contributed by atoms with Gasteiger partial charge in [0.15, 0.2) is 5.69 Å². The summed E-state index contributed by atoms with van der Waals surface area (Å²) in [5.41, 5.74) is 2.80. The summed E-state index contributed by atoms with van der Waals surface area (Å²) >= 11 is 0. The van der Waals surface area contributed by atoms with Gasteiger partial charge in [-0.15, -0.1) is 0 Å². The average Bonchev–Trinajstić information content (AvgIpc) is 3.49. The normalized spacial score (nSPS) is 13.8. The number of hydrogen-bond acceptors (Lipinski definition) is 7. The summed E-state index contributed by atoms with van der Waals surface area (Å²) in [4.78, 5) is 25.5. The topological polar surface area (TPSA) is 137 Å². The first-order valence-electron chi connectivity index (χ1n) is 12.3. The van der Waals surface area contributed by atoms with E-state index in [9.17, 15) is 23.3 Å². The number of likely N-dealkylation sites (tertiary alicyclic amines) is 1. The molecule has 1 fully saturated rings. The molecule has 1 aliphatic rings. The van der Waals surface area contributed by atoms with Crippen LogP contribution in [-0.4, -0.2) is 53.1 Å². The number of amides is 1. The van der Waals surface area contributed by atoms with Gasteiger partial charge in [-0.3, -0.25) is 14.9 Å². The van der Waals surface area contributed by atoms with Crippen molar-refractivity contribution in [1.82, 2.24) is 19.4 Å². The van der Waals surface area contributed by atoms with Gasteiger partial charge in [0.05, 0.1) is 10.6 Å². The molecule has 2 aromatic carbocycles. The Bertz CT molecular complexity index is 1510. The molecular formula is C26H31N5O6S.